The lowest BCUT2D eigenvalue weighted by molar-refractivity contribution is -0.116. The van der Waals surface area contributed by atoms with Crippen LogP contribution in [0, 0.1) is 0 Å². The number of rotatable bonds is 21. The lowest BCUT2D eigenvalue weighted by Crippen LogP contribution is -2.18. The van der Waals surface area contributed by atoms with Crippen LogP contribution >= 0.6 is 34.5 Å². The van der Waals surface area contributed by atoms with E-state index >= 15 is 0 Å². The molecule has 0 spiro atoms. The van der Waals surface area contributed by atoms with E-state index in [1.165, 1.54) is 101 Å². The summed E-state index contributed by atoms with van der Waals surface area (Å²) in [5.74, 6) is -0.185. The van der Waals surface area contributed by atoms with Crippen LogP contribution < -0.4 is 14.8 Å². The van der Waals surface area contributed by atoms with Crippen molar-refractivity contribution in [3.05, 3.63) is 64.0 Å². The molecule has 0 bridgehead atoms. The summed E-state index contributed by atoms with van der Waals surface area (Å²) < 4.78 is 57.1. The summed E-state index contributed by atoms with van der Waals surface area (Å²) in [6.45, 7) is 2.24. The van der Waals surface area contributed by atoms with Gasteiger partial charge in [-0.15, -0.1) is 11.3 Å². The van der Waals surface area contributed by atoms with Crippen LogP contribution in [0.4, 0.5) is 17.1 Å². The van der Waals surface area contributed by atoms with Gasteiger partial charge < -0.3 is 5.32 Å². The summed E-state index contributed by atoms with van der Waals surface area (Å²) in [6.07, 6.45) is 16.2. The molecule has 0 unspecified atom stereocenters. The molecule has 0 fully saturated rings. The van der Waals surface area contributed by atoms with E-state index in [-0.39, 0.29) is 36.4 Å². The molecule has 0 aliphatic rings. The van der Waals surface area contributed by atoms with Gasteiger partial charge in [-0.05, 0) is 48.2 Å². The molecule has 248 valence electrons. The second-order valence-electron chi connectivity index (χ2n) is 11.0. The van der Waals surface area contributed by atoms with Gasteiger partial charge in [-0.1, -0.05) is 119 Å². The Morgan fingerprint density at radius 1 is 0.689 bits per heavy atom. The van der Waals surface area contributed by atoms with Crippen molar-refractivity contribution in [2.45, 2.75) is 106 Å². The number of halogens is 2. The number of benzene rings is 2. The molecule has 0 aliphatic carbocycles. The van der Waals surface area contributed by atoms with Gasteiger partial charge in [-0.25, -0.2) is 16.8 Å². The molecule has 3 rings (SSSR count). The number of nitrogens with one attached hydrogen (secondary N) is 3. The lowest BCUT2D eigenvalue weighted by Gasteiger charge is -2.16. The highest BCUT2D eigenvalue weighted by atomic mass is 35.5. The van der Waals surface area contributed by atoms with E-state index in [0.29, 0.717) is 12.1 Å². The Hall–Kier alpha value is -2.31. The van der Waals surface area contributed by atoms with Gasteiger partial charge >= 0.3 is 0 Å². The quantitative estimate of drug-likeness (QED) is 0.0948. The van der Waals surface area contributed by atoms with E-state index in [1.54, 1.807) is 17.5 Å². The molecule has 0 atom stereocenters. The first-order valence-electron chi connectivity index (χ1n) is 15.5. The zero-order valence-electron chi connectivity index (χ0n) is 25.6. The van der Waals surface area contributed by atoms with Gasteiger partial charge in [0.15, 0.2) is 0 Å². The number of hydrogen-bond acceptors (Lipinski definition) is 6. The number of thiophene rings is 1. The summed E-state index contributed by atoms with van der Waals surface area (Å²) >= 11 is 13.3. The van der Waals surface area contributed by atoms with E-state index in [9.17, 15) is 21.6 Å². The Labute approximate surface area is 282 Å². The topological polar surface area (TPSA) is 121 Å². The Bertz CT molecular complexity index is 1580. The zero-order chi connectivity index (χ0) is 32.7. The summed E-state index contributed by atoms with van der Waals surface area (Å²) in [4.78, 5) is 12.4. The minimum atomic E-state index is -4.21. The molecule has 2 aromatic carbocycles. The molecule has 45 heavy (non-hydrogen) atoms. The second kappa shape index (κ2) is 18.7. The van der Waals surface area contributed by atoms with Gasteiger partial charge in [0, 0.05) is 12.1 Å². The van der Waals surface area contributed by atoms with E-state index < -0.39 is 20.0 Å². The SMILES string of the molecule is CCCCCCCCCCCCCCCC(=O)Nc1cccc(S(=O)(=O)Nc2cc(Cl)c(Cl)cc2NS(=O)(=O)c2cccs2)c1. The number of carbonyl (C=O) groups excluding carboxylic acids is 1. The number of sulfonamides is 2. The maximum atomic E-state index is 13.3. The van der Waals surface area contributed by atoms with Crippen molar-refractivity contribution in [1.82, 2.24) is 0 Å². The van der Waals surface area contributed by atoms with Crippen LogP contribution in [0.2, 0.25) is 10.0 Å². The Morgan fingerprint density at radius 2 is 1.22 bits per heavy atom. The van der Waals surface area contributed by atoms with Crippen LogP contribution in [0.15, 0.2) is 63.0 Å². The number of unbranched alkanes of at least 4 members (excludes halogenated alkanes) is 12. The Morgan fingerprint density at radius 3 is 1.76 bits per heavy atom. The van der Waals surface area contributed by atoms with Crippen molar-refractivity contribution in [1.29, 1.82) is 0 Å². The molecule has 0 aliphatic heterocycles. The molecular weight excluding hydrogens is 673 g/mol. The average Bonchev–Trinajstić information content (AvgIpc) is 3.55. The third-order valence-electron chi connectivity index (χ3n) is 7.24. The molecule has 1 amide bonds. The van der Waals surface area contributed by atoms with E-state index in [0.717, 1.165) is 30.6 Å². The predicted octanol–water partition coefficient (Wildman–Crippen LogP) is 10.1. The number of amides is 1. The number of anilines is 3. The minimum Gasteiger partial charge on any atom is -0.326 e. The van der Waals surface area contributed by atoms with Crippen LogP contribution in [-0.2, 0) is 24.8 Å². The predicted molar refractivity (Wildman–Crippen MR) is 188 cm³/mol. The van der Waals surface area contributed by atoms with Gasteiger partial charge in [0.25, 0.3) is 20.0 Å². The Balaban J connectivity index is 1.49. The molecule has 1 aromatic heterocycles. The van der Waals surface area contributed by atoms with Crippen LogP contribution in [0.3, 0.4) is 0 Å². The molecule has 0 saturated carbocycles. The fraction of sp³-hybridized carbons (Fsp3) is 0.469. The first-order chi connectivity index (χ1) is 21.5. The summed E-state index contributed by atoms with van der Waals surface area (Å²) in [6, 6.07) is 11.3. The standard InChI is InChI=1S/C32H43Cl2N3O5S3/c1-2-3-4-5-6-7-8-9-10-11-12-13-14-19-31(38)35-25-17-15-18-26(22-25)44(39,40)36-29-23-27(33)28(34)24-30(29)37-45(41,42)32-20-16-21-43-32/h15-18,20-24,36-37H,2-14,19H2,1H3,(H,35,38). The molecule has 8 nitrogen and oxygen atoms in total. The monoisotopic (exact) mass is 715 g/mol. The largest absolute Gasteiger partial charge is 0.326 e. The summed E-state index contributed by atoms with van der Waals surface area (Å²) in [7, 11) is -8.21. The minimum absolute atomic E-state index is 0.0302. The molecule has 13 heteroatoms. The van der Waals surface area contributed by atoms with Crippen molar-refractivity contribution < 1.29 is 21.6 Å². The Kier molecular flexibility index (Phi) is 15.5. The summed E-state index contributed by atoms with van der Waals surface area (Å²) in [5, 5.41) is 4.45. The highest BCUT2D eigenvalue weighted by Crippen LogP contribution is 2.36. The first-order valence-corrected chi connectivity index (χ1v) is 20.1. The smallest absolute Gasteiger partial charge is 0.271 e. The summed E-state index contributed by atoms with van der Waals surface area (Å²) in [5.41, 5.74) is 0.135. The van der Waals surface area contributed by atoms with Crippen LogP contribution in [-0.4, -0.2) is 22.7 Å². The van der Waals surface area contributed by atoms with Gasteiger partial charge in [-0.2, -0.15) is 0 Å². The van der Waals surface area contributed by atoms with Crippen molar-refractivity contribution in [2.75, 3.05) is 14.8 Å². The lowest BCUT2D eigenvalue weighted by atomic mass is 10.0. The third kappa shape index (κ3) is 12.8. The first kappa shape index (κ1) is 37.2. The van der Waals surface area contributed by atoms with Gasteiger partial charge in [0.2, 0.25) is 5.91 Å². The second-order valence-corrected chi connectivity index (χ2v) is 16.4. The van der Waals surface area contributed by atoms with Crippen molar-refractivity contribution >= 4 is 77.6 Å². The molecule has 3 aromatic rings. The number of hydrogen-bond donors (Lipinski definition) is 3. The van der Waals surface area contributed by atoms with Crippen LogP contribution in [0.5, 0.6) is 0 Å². The fourth-order valence-corrected chi connectivity index (χ4v) is 8.31. The zero-order valence-corrected chi connectivity index (χ0v) is 29.6. The maximum Gasteiger partial charge on any atom is 0.271 e. The van der Waals surface area contributed by atoms with Crippen molar-refractivity contribution in [3.63, 3.8) is 0 Å². The molecule has 3 N–H and O–H groups in total. The van der Waals surface area contributed by atoms with Crippen LogP contribution in [0.1, 0.15) is 96.8 Å². The fourth-order valence-electron chi connectivity index (χ4n) is 4.80. The van der Waals surface area contributed by atoms with E-state index in [2.05, 4.69) is 21.7 Å². The van der Waals surface area contributed by atoms with Gasteiger partial charge in [0.05, 0.1) is 26.3 Å². The maximum absolute atomic E-state index is 13.3. The average molecular weight is 717 g/mol. The molecule has 1 heterocycles. The highest BCUT2D eigenvalue weighted by molar-refractivity contribution is 7.94. The highest BCUT2D eigenvalue weighted by Gasteiger charge is 2.22. The molecule has 0 saturated heterocycles. The molecule has 0 radical (unpaired) electrons. The van der Waals surface area contributed by atoms with Crippen molar-refractivity contribution in [3.8, 4) is 0 Å². The van der Waals surface area contributed by atoms with Crippen molar-refractivity contribution in [2.24, 2.45) is 0 Å². The van der Waals surface area contributed by atoms with E-state index in [1.807, 2.05) is 0 Å². The van der Waals surface area contributed by atoms with Gasteiger partial charge in [-0.3, -0.25) is 14.2 Å². The van der Waals surface area contributed by atoms with E-state index in [4.69, 9.17) is 23.2 Å². The molecular formula is C32H43Cl2N3O5S3. The third-order valence-corrected chi connectivity index (χ3v) is 12.1. The number of carbonyl (C=O) groups is 1. The normalized spacial score (nSPS) is 11.8. The van der Waals surface area contributed by atoms with Crippen LogP contribution in [0.25, 0.3) is 0 Å². The van der Waals surface area contributed by atoms with Gasteiger partial charge in [0.1, 0.15) is 4.21 Å².